The van der Waals surface area contributed by atoms with Crippen LogP contribution in [0, 0.1) is 5.82 Å². The Morgan fingerprint density at radius 1 is 1.37 bits per heavy atom. The molecule has 19 heavy (non-hydrogen) atoms. The van der Waals surface area contributed by atoms with Crippen molar-refractivity contribution in [2.75, 3.05) is 4.72 Å². The minimum absolute atomic E-state index is 0.0713. The smallest absolute Gasteiger partial charge is 0.262 e. The number of rotatable bonds is 4. The van der Waals surface area contributed by atoms with Gasteiger partial charge in [0.1, 0.15) is 5.82 Å². The summed E-state index contributed by atoms with van der Waals surface area (Å²) < 4.78 is 39.6. The van der Waals surface area contributed by atoms with Crippen LogP contribution < -0.4 is 4.72 Å². The molecule has 2 N–H and O–H groups in total. The molecular formula is C11H9BrFNO3S2. The Labute approximate surface area is 122 Å². The van der Waals surface area contributed by atoms with E-state index in [1.165, 1.54) is 23.6 Å². The molecule has 0 fully saturated rings. The summed E-state index contributed by atoms with van der Waals surface area (Å²) >= 11 is 4.14. The van der Waals surface area contributed by atoms with Gasteiger partial charge in [-0.3, -0.25) is 4.72 Å². The maximum absolute atomic E-state index is 13.1. The number of nitrogens with one attached hydrogen (secondary N) is 1. The fourth-order valence-electron chi connectivity index (χ4n) is 1.36. The standard InChI is InChI=1S/C11H9BrFNO3S2/c12-10-3-7(1-2-11(10)13)14-19(16,17)9-4-8(5-15)18-6-9/h1-4,6,14-15H,5H2. The molecule has 2 rings (SSSR count). The van der Waals surface area contributed by atoms with Crippen LogP contribution in [-0.2, 0) is 16.6 Å². The minimum Gasteiger partial charge on any atom is -0.391 e. The maximum Gasteiger partial charge on any atom is 0.262 e. The van der Waals surface area contributed by atoms with Gasteiger partial charge >= 0.3 is 0 Å². The normalized spacial score (nSPS) is 11.5. The van der Waals surface area contributed by atoms with Crippen molar-refractivity contribution >= 4 is 43.0 Å². The molecule has 0 saturated heterocycles. The van der Waals surface area contributed by atoms with Crippen molar-refractivity contribution in [3.05, 3.63) is 44.8 Å². The summed E-state index contributed by atoms with van der Waals surface area (Å²) in [6.45, 7) is -0.206. The van der Waals surface area contributed by atoms with Crippen LogP contribution in [0.1, 0.15) is 4.88 Å². The Hall–Kier alpha value is -0.960. The Kier molecular flexibility index (Phi) is 4.24. The Bertz CT molecular complexity index is 700. The van der Waals surface area contributed by atoms with Crippen LogP contribution in [0.15, 0.2) is 39.0 Å². The number of hydrogen-bond donors (Lipinski definition) is 2. The van der Waals surface area contributed by atoms with E-state index in [1.807, 2.05) is 0 Å². The van der Waals surface area contributed by atoms with Crippen LogP contribution in [-0.4, -0.2) is 13.5 Å². The van der Waals surface area contributed by atoms with Gasteiger partial charge in [0.25, 0.3) is 10.0 Å². The minimum atomic E-state index is -3.73. The molecule has 0 atom stereocenters. The van der Waals surface area contributed by atoms with Crippen molar-refractivity contribution in [3.8, 4) is 0 Å². The molecule has 102 valence electrons. The van der Waals surface area contributed by atoms with Crippen LogP contribution >= 0.6 is 27.3 Å². The lowest BCUT2D eigenvalue weighted by molar-refractivity contribution is 0.285. The van der Waals surface area contributed by atoms with Gasteiger partial charge in [-0.15, -0.1) is 11.3 Å². The van der Waals surface area contributed by atoms with Crippen LogP contribution in [0.2, 0.25) is 0 Å². The molecule has 2 aromatic rings. The van der Waals surface area contributed by atoms with E-state index in [0.29, 0.717) is 4.88 Å². The first-order valence-electron chi connectivity index (χ1n) is 5.08. The number of thiophene rings is 1. The van der Waals surface area contributed by atoms with Crippen LogP contribution in [0.3, 0.4) is 0 Å². The third kappa shape index (κ3) is 3.33. The summed E-state index contributed by atoms with van der Waals surface area (Å²) in [6.07, 6.45) is 0. The van der Waals surface area contributed by atoms with Crippen LogP contribution in [0.25, 0.3) is 0 Å². The van der Waals surface area contributed by atoms with E-state index in [2.05, 4.69) is 20.7 Å². The number of benzene rings is 1. The Morgan fingerprint density at radius 3 is 2.68 bits per heavy atom. The molecule has 0 spiro atoms. The van der Waals surface area contributed by atoms with Gasteiger partial charge in [-0.2, -0.15) is 0 Å². The molecule has 0 amide bonds. The molecule has 4 nitrogen and oxygen atoms in total. The molecule has 0 unspecified atom stereocenters. The summed E-state index contributed by atoms with van der Waals surface area (Å²) in [5, 5.41) is 10.4. The highest BCUT2D eigenvalue weighted by atomic mass is 79.9. The average Bonchev–Trinajstić information content (AvgIpc) is 2.83. The third-order valence-corrected chi connectivity index (χ3v) is 5.31. The highest BCUT2D eigenvalue weighted by Crippen LogP contribution is 2.24. The largest absolute Gasteiger partial charge is 0.391 e. The number of sulfonamides is 1. The zero-order valence-electron chi connectivity index (χ0n) is 9.43. The van der Waals surface area contributed by atoms with Crippen molar-refractivity contribution in [1.82, 2.24) is 0 Å². The van der Waals surface area contributed by atoms with Gasteiger partial charge in [-0.05, 0) is 40.2 Å². The Balaban J connectivity index is 2.28. The van der Waals surface area contributed by atoms with Crippen molar-refractivity contribution < 1.29 is 17.9 Å². The summed E-state index contributed by atoms with van der Waals surface area (Å²) in [4.78, 5) is 0.627. The number of aliphatic hydroxyl groups is 1. The van der Waals surface area contributed by atoms with E-state index in [1.54, 1.807) is 0 Å². The summed E-state index contributed by atoms with van der Waals surface area (Å²) in [5.41, 5.74) is 0.255. The topological polar surface area (TPSA) is 66.4 Å². The average molecular weight is 366 g/mol. The fraction of sp³-hybridized carbons (Fsp3) is 0.0909. The van der Waals surface area contributed by atoms with Gasteiger partial charge in [0.2, 0.25) is 0 Å². The van der Waals surface area contributed by atoms with Gasteiger partial charge in [0, 0.05) is 10.3 Å². The molecule has 1 heterocycles. The van der Waals surface area contributed by atoms with Crippen molar-refractivity contribution in [2.24, 2.45) is 0 Å². The third-order valence-electron chi connectivity index (χ3n) is 2.27. The first kappa shape index (κ1) is 14.4. The fourth-order valence-corrected chi connectivity index (χ4v) is 3.92. The molecule has 1 aromatic heterocycles. The van der Waals surface area contributed by atoms with E-state index >= 15 is 0 Å². The molecular weight excluding hydrogens is 357 g/mol. The second kappa shape index (κ2) is 5.58. The predicted molar refractivity (Wildman–Crippen MR) is 75.2 cm³/mol. The SMILES string of the molecule is O=S(=O)(Nc1ccc(F)c(Br)c1)c1csc(CO)c1. The van der Waals surface area contributed by atoms with Crippen molar-refractivity contribution in [3.63, 3.8) is 0 Å². The van der Waals surface area contributed by atoms with E-state index in [9.17, 15) is 12.8 Å². The molecule has 8 heteroatoms. The molecule has 0 aliphatic heterocycles. The lowest BCUT2D eigenvalue weighted by atomic mass is 10.3. The maximum atomic E-state index is 13.1. The zero-order valence-corrected chi connectivity index (χ0v) is 12.6. The van der Waals surface area contributed by atoms with E-state index in [0.717, 1.165) is 17.4 Å². The van der Waals surface area contributed by atoms with E-state index in [4.69, 9.17) is 5.11 Å². The molecule has 0 bridgehead atoms. The molecule has 1 aromatic carbocycles. The van der Waals surface area contributed by atoms with Crippen LogP contribution in [0.5, 0.6) is 0 Å². The molecule has 0 radical (unpaired) electrons. The number of aliphatic hydroxyl groups excluding tert-OH is 1. The van der Waals surface area contributed by atoms with Gasteiger partial charge in [0.15, 0.2) is 0 Å². The van der Waals surface area contributed by atoms with Gasteiger partial charge < -0.3 is 5.11 Å². The first-order chi connectivity index (χ1) is 8.92. The Morgan fingerprint density at radius 2 is 2.11 bits per heavy atom. The number of anilines is 1. The number of halogens is 2. The van der Waals surface area contributed by atoms with Crippen molar-refractivity contribution in [2.45, 2.75) is 11.5 Å². The summed E-state index contributed by atoms with van der Waals surface area (Å²) in [6, 6.07) is 5.23. The highest BCUT2D eigenvalue weighted by Gasteiger charge is 2.16. The van der Waals surface area contributed by atoms with Gasteiger partial charge in [0.05, 0.1) is 21.7 Å². The van der Waals surface area contributed by atoms with Gasteiger partial charge in [-0.25, -0.2) is 12.8 Å². The second-order valence-corrected chi connectivity index (χ2v) is 7.17. The van der Waals surface area contributed by atoms with Crippen LogP contribution in [0.4, 0.5) is 10.1 Å². The zero-order chi connectivity index (χ0) is 14.0. The predicted octanol–water partition coefficient (Wildman–Crippen LogP) is 2.94. The van der Waals surface area contributed by atoms with E-state index in [-0.39, 0.29) is 21.7 Å². The molecule has 0 aliphatic carbocycles. The summed E-state index contributed by atoms with van der Waals surface area (Å²) in [7, 11) is -3.73. The number of hydrogen-bond acceptors (Lipinski definition) is 4. The lowest BCUT2D eigenvalue weighted by Crippen LogP contribution is -2.12. The van der Waals surface area contributed by atoms with Crippen molar-refractivity contribution in [1.29, 1.82) is 0 Å². The van der Waals surface area contributed by atoms with Gasteiger partial charge in [-0.1, -0.05) is 0 Å². The highest BCUT2D eigenvalue weighted by molar-refractivity contribution is 9.10. The molecule has 0 aliphatic rings. The monoisotopic (exact) mass is 365 g/mol. The summed E-state index contributed by atoms with van der Waals surface area (Å²) in [5.74, 6) is -0.471. The quantitative estimate of drug-likeness (QED) is 0.875. The van der Waals surface area contributed by atoms with E-state index < -0.39 is 15.8 Å². The second-order valence-electron chi connectivity index (χ2n) is 3.64. The first-order valence-corrected chi connectivity index (χ1v) is 8.24. The lowest BCUT2D eigenvalue weighted by Gasteiger charge is -2.07. The molecule has 0 saturated carbocycles.